The van der Waals surface area contributed by atoms with Crippen LogP contribution in [-0.2, 0) is 9.59 Å². The number of fused-ring (bicyclic) bond motifs is 1. The SMILES string of the molecule is CCN1CCN(C(=O)CNC(=O)[C@@H](N)C(C)C)c2ccccc21.Cl.Cl. The second kappa shape index (κ2) is 10.5. The Morgan fingerprint density at radius 2 is 1.76 bits per heavy atom. The van der Waals surface area contributed by atoms with E-state index in [2.05, 4.69) is 17.1 Å². The number of nitrogens with two attached hydrogens (primary N) is 1. The fourth-order valence-corrected chi connectivity index (χ4v) is 2.69. The number of nitrogens with zero attached hydrogens (tertiary/aromatic N) is 2. The molecule has 1 aliphatic heterocycles. The van der Waals surface area contributed by atoms with Gasteiger partial charge in [0.25, 0.3) is 0 Å². The molecule has 0 saturated carbocycles. The largest absolute Gasteiger partial charge is 0.368 e. The molecule has 8 heteroatoms. The van der Waals surface area contributed by atoms with Gasteiger partial charge in [0, 0.05) is 19.6 Å². The molecule has 0 spiro atoms. The van der Waals surface area contributed by atoms with Crippen LogP contribution in [0.1, 0.15) is 20.8 Å². The molecule has 6 nitrogen and oxygen atoms in total. The standard InChI is InChI=1S/C17H26N4O2.2ClH/c1-4-20-9-10-21(14-8-6-5-7-13(14)20)15(22)11-19-17(23)16(18)12(2)3;;/h5-8,12,16H,4,9-11,18H2,1-3H3,(H,19,23);2*1H/t16-;;/m0../s1. The summed E-state index contributed by atoms with van der Waals surface area (Å²) >= 11 is 0. The minimum atomic E-state index is -0.591. The summed E-state index contributed by atoms with van der Waals surface area (Å²) in [5.74, 6) is -0.356. The number of carbonyl (C=O) groups excluding carboxylic acids is 2. The van der Waals surface area contributed by atoms with E-state index in [0.717, 1.165) is 24.5 Å². The van der Waals surface area contributed by atoms with E-state index in [1.165, 1.54) is 0 Å². The molecule has 0 saturated heterocycles. The molecule has 25 heavy (non-hydrogen) atoms. The van der Waals surface area contributed by atoms with Crippen molar-refractivity contribution in [1.82, 2.24) is 5.32 Å². The van der Waals surface area contributed by atoms with E-state index in [9.17, 15) is 9.59 Å². The highest BCUT2D eigenvalue weighted by atomic mass is 35.5. The van der Waals surface area contributed by atoms with Crippen molar-refractivity contribution < 1.29 is 9.59 Å². The number of benzene rings is 1. The lowest BCUT2D eigenvalue weighted by atomic mass is 10.1. The second-order valence-corrected chi connectivity index (χ2v) is 6.10. The Bertz CT molecular complexity index is 584. The first-order valence-corrected chi connectivity index (χ1v) is 8.13. The first kappa shape index (κ1) is 23.5. The smallest absolute Gasteiger partial charge is 0.246 e. The Morgan fingerprint density at radius 1 is 1.16 bits per heavy atom. The number of halogens is 2. The molecule has 0 aromatic heterocycles. The van der Waals surface area contributed by atoms with Gasteiger partial charge in [-0.2, -0.15) is 0 Å². The molecular formula is C17H28Cl2N4O2. The van der Waals surface area contributed by atoms with Crippen molar-refractivity contribution in [1.29, 1.82) is 0 Å². The Labute approximate surface area is 161 Å². The van der Waals surface area contributed by atoms with Gasteiger partial charge in [0.15, 0.2) is 0 Å². The minimum absolute atomic E-state index is 0. The molecule has 2 rings (SSSR count). The van der Waals surface area contributed by atoms with Gasteiger partial charge in [-0.1, -0.05) is 26.0 Å². The molecule has 142 valence electrons. The van der Waals surface area contributed by atoms with Crippen molar-refractivity contribution in [3.8, 4) is 0 Å². The Hall–Kier alpha value is -1.50. The van der Waals surface area contributed by atoms with E-state index in [-0.39, 0.29) is 49.1 Å². The van der Waals surface area contributed by atoms with Crippen LogP contribution in [0.5, 0.6) is 0 Å². The zero-order valence-electron chi connectivity index (χ0n) is 14.9. The van der Waals surface area contributed by atoms with Crippen LogP contribution in [0.25, 0.3) is 0 Å². The summed E-state index contributed by atoms with van der Waals surface area (Å²) in [6.07, 6.45) is 0. The summed E-state index contributed by atoms with van der Waals surface area (Å²) < 4.78 is 0. The van der Waals surface area contributed by atoms with Gasteiger partial charge in [-0.25, -0.2) is 0 Å². The van der Waals surface area contributed by atoms with Gasteiger partial charge in [-0.3, -0.25) is 9.59 Å². The van der Waals surface area contributed by atoms with E-state index >= 15 is 0 Å². The molecule has 1 aromatic carbocycles. The van der Waals surface area contributed by atoms with Crippen LogP contribution in [0.4, 0.5) is 11.4 Å². The van der Waals surface area contributed by atoms with Crippen LogP contribution < -0.4 is 20.9 Å². The molecule has 0 bridgehead atoms. The average Bonchev–Trinajstić information content (AvgIpc) is 2.57. The summed E-state index contributed by atoms with van der Waals surface area (Å²) in [5, 5.41) is 2.65. The maximum atomic E-state index is 12.5. The summed E-state index contributed by atoms with van der Waals surface area (Å²) in [5.41, 5.74) is 7.75. The molecule has 1 aromatic rings. The van der Waals surface area contributed by atoms with E-state index in [1.54, 1.807) is 4.90 Å². The maximum absolute atomic E-state index is 12.5. The molecule has 2 amide bonds. The third-order valence-electron chi connectivity index (χ3n) is 4.22. The second-order valence-electron chi connectivity index (χ2n) is 6.10. The molecule has 0 fully saturated rings. The predicted octanol–water partition coefficient (Wildman–Crippen LogP) is 1.80. The number of carbonyl (C=O) groups is 2. The van der Waals surface area contributed by atoms with Gasteiger partial charge < -0.3 is 20.9 Å². The van der Waals surface area contributed by atoms with Crippen molar-refractivity contribution in [2.45, 2.75) is 26.8 Å². The van der Waals surface area contributed by atoms with Gasteiger partial charge in [0.2, 0.25) is 11.8 Å². The van der Waals surface area contributed by atoms with Crippen molar-refractivity contribution in [3.05, 3.63) is 24.3 Å². The molecule has 0 aliphatic carbocycles. The molecule has 1 atom stereocenters. The fraction of sp³-hybridized carbons (Fsp3) is 0.529. The molecule has 3 N–H and O–H groups in total. The number of hydrogen-bond acceptors (Lipinski definition) is 4. The molecular weight excluding hydrogens is 363 g/mol. The summed E-state index contributed by atoms with van der Waals surface area (Å²) in [7, 11) is 0. The van der Waals surface area contributed by atoms with Crippen molar-refractivity contribution in [2.24, 2.45) is 11.7 Å². The fourth-order valence-electron chi connectivity index (χ4n) is 2.69. The molecule has 0 radical (unpaired) electrons. The predicted molar refractivity (Wildman–Crippen MR) is 107 cm³/mol. The highest BCUT2D eigenvalue weighted by Gasteiger charge is 2.26. The monoisotopic (exact) mass is 390 g/mol. The molecule has 0 unspecified atom stereocenters. The van der Waals surface area contributed by atoms with Crippen LogP contribution in [-0.4, -0.2) is 44.0 Å². The van der Waals surface area contributed by atoms with Crippen LogP contribution in [0.2, 0.25) is 0 Å². The summed E-state index contributed by atoms with van der Waals surface area (Å²) in [4.78, 5) is 28.4. The summed E-state index contributed by atoms with van der Waals surface area (Å²) in [6.45, 7) is 8.15. The van der Waals surface area contributed by atoms with Gasteiger partial charge in [-0.05, 0) is 25.0 Å². The van der Waals surface area contributed by atoms with Crippen molar-refractivity contribution >= 4 is 48.0 Å². The van der Waals surface area contributed by atoms with E-state index < -0.39 is 6.04 Å². The van der Waals surface area contributed by atoms with E-state index in [4.69, 9.17) is 5.73 Å². The van der Waals surface area contributed by atoms with Gasteiger partial charge in [-0.15, -0.1) is 24.8 Å². The summed E-state index contributed by atoms with van der Waals surface area (Å²) in [6, 6.07) is 7.26. The number of hydrogen-bond donors (Lipinski definition) is 2. The van der Waals surface area contributed by atoms with Crippen LogP contribution >= 0.6 is 24.8 Å². The number of nitrogens with one attached hydrogen (secondary N) is 1. The normalized spacial score (nSPS) is 14.1. The zero-order chi connectivity index (χ0) is 17.0. The topological polar surface area (TPSA) is 78.7 Å². The number of rotatable bonds is 5. The van der Waals surface area contributed by atoms with Gasteiger partial charge >= 0.3 is 0 Å². The Morgan fingerprint density at radius 3 is 2.32 bits per heavy atom. The first-order chi connectivity index (χ1) is 11.0. The lowest BCUT2D eigenvalue weighted by molar-refractivity contribution is -0.126. The third kappa shape index (κ3) is 5.49. The average molecular weight is 391 g/mol. The molecule has 1 heterocycles. The number of anilines is 2. The van der Waals surface area contributed by atoms with E-state index in [0.29, 0.717) is 6.54 Å². The number of para-hydroxylation sites is 2. The van der Waals surface area contributed by atoms with Crippen LogP contribution in [0, 0.1) is 5.92 Å². The first-order valence-electron chi connectivity index (χ1n) is 8.13. The Kier molecular flexibility index (Phi) is 9.85. The van der Waals surface area contributed by atoms with Crippen molar-refractivity contribution in [3.63, 3.8) is 0 Å². The zero-order valence-corrected chi connectivity index (χ0v) is 16.5. The Balaban J connectivity index is 0.00000288. The quantitative estimate of drug-likeness (QED) is 0.803. The van der Waals surface area contributed by atoms with Gasteiger partial charge in [0.1, 0.15) is 0 Å². The van der Waals surface area contributed by atoms with Crippen molar-refractivity contribution in [2.75, 3.05) is 36.0 Å². The van der Waals surface area contributed by atoms with E-state index in [1.807, 2.05) is 38.1 Å². The number of likely N-dealkylation sites (N-methyl/N-ethyl adjacent to an activating group) is 1. The lowest BCUT2D eigenvalue weighted by Crippen LogP contribution is -2.50. The lowest BCUT2D eigenvalue weighted by Gasteiger charge is -2.37. The third-order valence-corrected chi connectivity index (χ3v) is 4.22. The van der Waals surface area contributed by atoms with Crippen LogP contribution in [0.3, 0.4) is 0 Å². The molecule has 1 aliphatic rings. The number of amides is 2. The highest BCUT2D eigenvalue weighted by molar-refractivity contribution is 6.00. The highest BCUT2D eigenvalue weighted by Crippen LogP contribution is 2.32. The van der Waals surface area contributed by atoms with Crippen LogP contribution in [0.15, 0.2) is 24.3 Å². The minimum Gasteiger partial charge on any atom is -0.368 e. The van der Waals surface area contributed by atoms with Gasteiger partial charge in [0.05, 0.1) is 24.0 Å². The maximum Gasteiger partial charge on any atom is 0.246 e.